The summed E-state index contributed by atoms with van der Waals surface area (Å²) in [5.74, 6) is 0.906. The largest absolute Gasteiger partial charge is 0.399 e. The lowest BCUT2D eigenvalue weighted by molar-refractivity contribution is 0.913. The number of aromatic nitrogens is 1. The van der Waals surface area contributed by atoms with Crippen molar-refractivity contribution in [2.45, 2.75) is 6.54 Å². The number of thiophene rings is 1. The summed E-state index contributed by atoms with van der Waals surface area (Å²) in [6.45, 7) is 0.869. The van der Waals surface area contributed by atoms with Crippen molar-refractivity contribution >= 4 is 22.8 Å². The fraction of sp³-hybridized carbons (Fsp3) is 0.182. The van der Waals surface area contributed by atoms with Crippen LogP contribution < -0.4 is 10.6 Å². The van der Waals surface area contributed by atoms with Crippen molar-refractivity contribution in [3.8, 4) is 0 Å². The lowest BCUT2D eigenvalue weighted by Crippen LogP contribution is -2.16. The maximum absolute atomic E-state index is 5.71. The molecule has 15 heavy (non-hydrogen) atoms. The fourth-order valence-electron chi connectivity index (χ4n) is 1.36. The first kappa shape index (κ1) is 9.98. The molecule has 0 atom stereocenters. The Kier molecular flexibility index (Phi) is 2.87. The van der Waals surface area contributed by atoms with Crippen LogP contribution in [-0.2, 0) is 6.54 Å². The number of rotatable bonds is 3. The van der Waals surface area contributed by atoms with Gasteiger partial charge in [0.05, 0.1) is 6.54 Å². The number of nitrogen functional groups attached to an aromatic ring is 1. The summed E-state index contributed by atoms with van der Waals surface area (Å²) >= 11 is 1.75. The van der Waals surface area contributed by atoms with E-state index in [4.69, 9.17) is 5.73 Å². The second kappa shape index (κ2) is 4.31. The van der Waals surface area contributed by atoms with Gasteiger partial charge in [-0.25, -0.2) is 4.98 Å². The van der Waals surface area contributed by atoms with Gasteiger partial charge in [0.1, 0.15) is 5.82 Å². The molecule has 0 amide bonds. The van der Waals surface area contributed by atoms with Gasteiger partial charge < -0.3 is 10.6 Å². The first-order valence-electron chi connectivity index (χ1n) is 4.71. The highest BCUT2D eigenvalue weighted by Crippen LogP contribution is 2.17. The van der Waals surface area contributed by atoms with E-state index in [0.717, 1.165) is 18.1 Å². The molecule has 0 fully saturated rings. The van der Waals surface area contributed by atoms with E-state index in [1.807, 2.05) is 13.1 Å². The van der Waals surface area contributed by atoms with Crippen LogP contribution in [0.5, 0.6) is 0 Å². The van der Waals surface area contributed by atoms with Gasteiger partial charge in [0, 0.05) is 29.9 Å². The number of pyridine rings is 1. The molecule has 2 rings (SSSR count). The second-order valence-corrected chi connectivity index (χ2v) is 4.42. The summed E-state index contributed by atoms with van der Waals surface area (Å²) in [5, 5.41) is 2.08. The van der Waals surface area contributed by atoms with Gasteiger partial charge in [-0.3, -0.25) is 0 Å². The molecule has 0 aliphatic rings. The van der Waals surface area contributed by atoms with E-state index in [9.17, 15) is 0 Å². The van der Waals surface area contributed by atoms with Crippen molar-refractivity contribution in [3.05, 3.63) is 40.7 Å². The molecule has 3 nitrogen and oxygen atoms in total. The Morgan fingerprint density at radius 1 is 1.47 bits per heavy atom. The molecule has 0 saturated heterocycles. The maximum atomic E-state index is 5.71. The number of anilines is 2. The van der Waals surface area contributed by atoms with Gasteiger partial charge in [-0.2, -0.15) is 0 Å². The summed E-state index contributed by atoms with van der Waals surface area (Å²) in [5.41, 5.74) is 6.45. The highest BCUT2D eigenvalue weighted by atomic mass is 32.1. The highest BCUT2D eigenvalue weighted by Gasteiger charge is 2.03. The molecular formula is C11H13N3S. The van der Waals surface area contributed by atoms with Crippen LogP contribution in [0.3, 0.4) is 0 Å². The lowest BCUT2D eigenvalue weighted by atomic mass is 10.3. The molecule has 2 N–H and O–H groups in total. The lowest BCUT2D eigenvalue weighted by Gasteiger charge is -2.17. The third-order valence-corrected chi connectivity index (χ3v) is 2.99. The first-order chi connectivity index (χ1) is 7.25. The molecule has 0 unspecified atom stereocenters. The molecule has 78 valence electrons. The van der Waals surface area contributed by atoms with Crippen LogP contribution in [0.25, 0.3) is 0 Å². The normalized spacial score (nSPS) is 10.2. The van der Waals surface area contributed by atoms with Gasteiger partial charge in [-0.05, 0) is 17.5 Å². The molecule has 2 heterocycles. The number of hydrogen-bond donors (Lipinski definition) is 1. The van der Waals surface area contributed by atoms with E-state index in [2.05, 4.69) is 27.4 Å². The van der Waals surface area contributed by atoms with Crippen LogP contribution in [0.4, 0.5) is 11.5 Å². The minimum atomic E-state index is 0.748. The number of hydrogen-bond acceptors (Lipinski definition) is 4. The zero-order valence-electron chi connectivity index (χ0n) is 8.55. The summed E-state index contributed by atoms with van der Waals surface area (Å²) in [4.78, 5) is 7.68. The van der Waals surface area contributed by atoms with E-state index in [1.54, 1.807) is 23.6 Å². The van der Waals surface area contributed by atoms with Crippen LogP contribution in [0.2, 0.25) is 0 Å². The van der Waals surface area contributed by atoms with Crippen LogP contribution in [0, 0.1) is 0 Å². The molecule has 0 aliphatic heterocycles. The minimum Gasteiger partial charge on any atom is -0.399 e. The molecule has 0 radical (unpaired) electrons. The van der Waals surface area contributed by atoms with Crippen molar-refractivity contribution in [1.82, 2.24) is 4.98 Å². The molecule has 2 aromatic rings. The SMILES string of the molecule is CN(Cc1cccs1)c1cc(N)ccn1. The third-order valence-electron chi connectivity index (χ3n) is 2.13. The van der Waals surface area contributed by atoms with Crippen LogP contribution >= 0.6 is 11.3 Å². The average molecular weight is 219 g/mol. The van der Waals surface area contributed by atoms with E-state index in [-0.39, 0.29) is 0 Å². The molecule has 0 aliphatic carbocycles. The molecule has 0 bridgehead atoms. The first-order valence-corrected chi connectivity index (χ1v) is 5.59. The van der Waals surface area contributed by atoms with Gasteiger partial charge in [-0.1, -0.05) is 6.07 Å². The van der Waals surface area contributed by atoms with E-state index in [1.165, 1.54) is 4.88 Å². The Balaban J connectivity index is 2.11. The molecule has 0 spiro atoms. The third kappa shape index (κ3) is 2.47. The van der Waals surface area contributed by atoms with Gasteiger partial charge in [0.15, 0.2) is 0 Å². The van der Waals surface area contributed by atoms with Crippen molar-refractivity contribution < 1.29 is 0 Å². The van der Waals surface area contributed by atoms with Crippen molar-refractivity contribution in [3.63, 3.8) is 0 Å². The van der Waals surface area contributed by atoms with E-state index >= 15 is 0 Å². The quantitative estimate of drug-likeness (QED) is 0.861. The predicted molar refractivity (Wildman–Crippen MR) is 65.1 cm³/mol. The molecule has 2 aromatic heterocycles. The fourth-order valence-corrected chi connectivity index (χ4v) is 2.12. The van der Waals surface area contributed by atoms with Gasteiger partial charge in [-0.15, -0.1) is 11.3 Å². The predicted octanol–water partition coefficient (Wildman–Crippen LogP) is 2.36. The van der Waals surface area contributed by atoms with Crippen LogP contribution in [-0.4, -0.2) is 12.0 Å². The Bertz CT molecular complexity index is 425. The average Bonchev–Trinajstić information content (AvgIpc) is 2.70. The Morgan fingerprint density at radius 2 is 2.33 bits per heavy atom. The van der Waals surface area contributed by atoms with Gasteiger partial charge in [0.2, 0.25) is 0 Å². The summed E-state index contributed by atoms with van der Waals surface area (Å²) in [6, 6.07) is 7.85. The van der Waals surface area contributed by atoms with E-state index in [0.29, 0.717) is 0 Å². The van der Waals surface area contributed by atoms with Gasteiger partial charge >= 0.3 is 0 Å². The summed E-state index contributed by atoms with van der Waals surface area (Å²) < 4.78 is 0. The maximum Gasteiger partial charge on any atom is 0.130 e. The van der Waals surface area contributed by atoms with Gasteiger partial charge in [0.25, 0.3) is 0 Å². The summed E-state index contributed by atoms with van der Waals surface area (Å²) in [6.07, 6.45) is 1.73. The Hall–Kier alpha value is -1.55. The zero-order valence-corrected chi connectivity index (χ0v) is 9.37. The van der Waals surface area contributed by atoms with Crippen LogP contribution in [0.1, 0.15) is 4.88 Å². The number of nitrogens with two attached hydrogens (primary N) is 1. The monoisotopic (exact) mass is 219 g/mol. The zero-order chi connectivity index (χ0) is 10.7. The second-order valence-electron chi connectivity index (χ2n) is 3.38. The van der Waals surface area contributed by atoms with Crippen LogP contribution in [0.15, 0.2) is 35.8 Å². The number of nitrogens with zero attached hydrogens (tertiary/aromatic N) is 2. The molecule has 0 aromatic carbocycles. The molecule has 0 saturated carbocycles. The smallest absolute Gasteiger partial charge is 0.130 e. The standard InChI is InChI=1S/C11H13N3S/c1-14(8-10-3-2-6-15-10)11-7-9(12)4-5-13-11/h2-7H,8H2,1H3,(H2,12,13). The Labute approximate surface area is 93.2 Å². The Morgan fingerprint density at radius 3 is 3.00 bits per heavy atom. The minimum absolute atomic E-state index is 0.748. The summed E-state index contributed by atoms with van der Waals surface area (Å²) in [7, 11) is 2.02. The highest BCUT2D eigenvalue weighted by molar-refractivity contribution is 7.09. The topological polar surface area (TPSA) is 42.1 Å². The molecule has 4 heteroatoms. The molecular weight excluding hydrogens is 206 g/mol. The van der Waals surface area contributed by atoms with Crippen molar-refractivity contribution in [1.29, 1.82) is 0 Å². The van der Waals surface area contributed by atoms with E-state index < -0.39 is 0 Å². The van der Waals surface area contributed by atoms with Crippen molar-refractivity contribution in [2.24, 2.45) is 0 Å². The van der Waals surface area contributed by atoms with Crippen molar-refractivity contribution in [2.75, 3.05) is 17.7 Å².